The number of hydrogen-bond acceptors (Lipinski definition) is 3. The van der Waals surface area contributed by atoms with Gasteiger partial charge in [0.05, 0.1) is 6.10 Å². The summed E-state index contributed by atoms with van der Waals surface area (Å²) in [5, 5.41) is 2.85. The molecular weight excluding hydrogens is 228 g/mol. The molecule has 0 aliphatic carbocycles. The van der Waals surface area contributed by atoms with Gasteiger partial charge in [-0.3, -0.25) is 4.79 Å². The number of carbonyl (C=O) groups excluding carboxylic acids is 1. The molecule has 0 spiro atoms. The van der Waals surface area contributed by atoms with Gasteiger partial charge in [0.15, 0.2) is 0 Å². The minimum absolute atomic E-state index is 0.0817. The highest BCUT2D eigenvalue weighted by Gasteiger charge is 2.16. The summed E-state index contributed by atoms with van der Waals surface area (Å²) in [6.07, 6.45) is 0.508. The van der Waals surface area contributed by atoms with Gasteiger partial charge in [-0.2, -0.15) is 0 Å². The highest BCUT2D eigenvalue weighted by molar-refractivity contribution is 5.94. The Morgan fingerprint density at radius 2 is 2.11 bits per heavy atom. The summed E-state index contributed by atoms with van der Waals surface area (Å²) in [7, 11) is 0. The minimum Gasteiger partial charge on any atom is -0.399 e. The maximum Gasteiger partial charge on any atom is 0.253 e. The number of nitrogens with two attached hydrogens (primary N) is 1. The van der Waals surface area contributed by atoms with E-state index in [0.717, 1.165) is 17.7 Å². The van der Waals surface area contributed by atoms with Crippen LogP contribution in [0.4, 0.5) is 11.4 Å². The molecule has 0 aliphatic heterocycles. The van der Waals surface area contributed by atoms with Gasteiger partial charge in [0, 0.05) is 11.4 Å². The third-order valence-electron chi connectivity index (χ3n) is 2.89. The summed E-state index contributed by atoms with van der Waals surface area (Å²) < 4.78 is 5.56. The first-order valence-electron chi connectivity index (χ1n) is 6.26. The Kier molecular flexibility index (Phi) is 5.16. The monoisotopic (exact) mass is 250 g/mol. The van der Waals surface area contributed by atoms with Crippen LogP contribution in [0.3, 0.4) is 0 Å². The van der Waals surface area contributed by atoms with Crippen molar-refractivity contribution in [2.45, 2.75) is 46.3 Å². The van der Waals surface area contributed by atoms with Crippen molar-refractivity contribution in [3.05, 3.63) is 23.8 Å². The van der Waals surface area contributed by atoms with E-state index in [1.165, 1.54) is 0 Å². The minimum atomic E-state index is -0.461. The molecule has 0 bridgehead atoms. The molecule has 18 heavy (non-hydrogen) atoms. The topological polar surface area (TPSA) is 64.3 Å². The predicted octanol–water partition coefficient (Wildman–Crippen LogP) is 2.72. The standard InChI is InChI=1S/C14H22N2O2/c1-5-10(3)18-11(4)14(17)16-13-7-6-12(15)8-9(13)2/h6-8,10-11H,5,15H2,1-4H3,(H,16,17). The summed E-state index contributed by atoms with van der Waals surface area (Å²) in [5.41, 5.74) is 8.07. The Labute approximate surface area is 109 Å². The van der Waals surface area contributed by atoms with Crippen molar-refractivity contribution in [3.63, 3.8) is 0 Å². The lowest BCUT2D eigenvalue weighted by Gasteiger charge is -2.18. The van der Waals surface area contributed by atoms with E-state index in [4.69, 9.17) is 10.5 Å². The number of amides is 1. The average molecular weight is 250 g/mol. The van der Waals surface area contributed by atoms with Crippen LogP contribution in [0.15, 0.2) is 18.2 Å². The molecule has 100 valence electrons. The smallest absolute Gasteiger partial charge is 0.253 e. The van der Waals surface area contributed by atoms with Crippen molar-refractivity contribution >= 4 is 17.3 Å². The van der Waals surface area contributed by atoms with Crippen molar-refractivity contribution in [1.82, 2.24) is 0 Å². The average Bonchev–Trinajstić information content (AvgIpc) is 2.32. The van der Waals surface area contributed by atoms with E-state index in [9.17, 15) is 4.79 Å². The molecular formula is C14H22N2O2. The lowest BCUT2D eigenvalue weighted by molar-refractivity contribution is -0.129. The summed E-state index contributed by atoms with van der Waals surface area (Å²) >= 11 is 0. The van der Waals surface area contributed by atoms with Gasteiger partial charge < -0.3 is 15.8 Å². The molecule has 0 aromatic heterocycles. The number of ether oxygens (including phenoxy) is 1. The SMILES string of the molecule is CCC(C)OC(C)C(=O)Nc1ccc(N)cc1C. The second-order valence-electron chi connectivity index (χ2n) is 4.56. The molecule has 1 amide bonds. The molecule has 2 atom stereocenters. The van der Waals surface area contributed by atoms with Crippen molar-refractivity contribution in [1.29, 1.82) is 0 Å². The molecule has 4 heteroatoms. The van der Waals surface area contributed by atoms with Gasteiger partial charge in [-0.05, 0) is 51.0 Å². The van der Waals surface area contributed by atoms with Crippen molar-refractivity contribution < 1.29 is 9.53 Å². The summed E-state index contributed by atoms with van der Waals surface area (Å²) in [4.78, 5) is 11.9. The Morgan fingerprint density at radius 1 is 1.44 bits per heavy atom. The molecule has 0 saturated carbocycles. The highest BCUT2D eigenvalue weighted by Crippen LogP contribution is 2.18. The molecule has 0 heterocycles. The summed E-state index contributed by atoms with van der Waals surface area (Å²) in [6, 6.07) is 5.40. The third kappa shape index (κ3) is 4.04. The fourth-order valence-electron chi connectivity index (χ4n) is 1.57. The molecule has 0 saturated heterocycles. The maximum atomic E-state index is 11.9. The first-order valence-corrected chi connectivity index (χ1v) is 6.26. The van der Waals surface area contributed by atoms with Crippen LogP contribution in [-0.4, -0.2) is 18.1 Å². The molecule has 3 N–H and O–H groups in total. The highest BCUT2D eigenvalue weighted by atomic mass is 16.5. The molecule has 1 aromatic rings. The molecule has 2 unspecified atom stereocenters. The second kappa shape index (κ2) is 6.40. The number of anilines is 2. The Morgan fingerprint density at radius 3 is 2.67 bits per heavy atom. The fraction of sp³-hybridized carbons (Fsp3) is 0.500. The quantitative estimate of drug-likeness (QED) is 0.790. The van der Waals surface area contributed by atoms with Gasteiger partial charge in [0.2, 0.25) is 0 Å². The van der Waals surface area contributed by atoms with Crippen LogP contribution in [0.1, 0.15) is 32.8 Å². The van der Waals surface area contributed by atoms with E-state index >= 15 is 0 Å². The van der Waals surface area contributed by atoms with E-state index in [-0.39, 0.29) is 12.0 Å². The Balaban J connectivity index is 2.64. The zero-order valence-corrected chi connectivity index (χ0v) is 11.5. The van der Waals surface area contributed by atoms with E-state index < -0.39 is 6.10 Å². The Bertz CT molecular complexity index is 418. The molecule has 0 fully saturated rings. The number of carbonyl (C=O) groups is 1. The maximum absolute atomic E-state index is 11.9. The van der Waals surface area contributed by atoms with Crippen LogP contribution in [0.5, 0.6) is 0 Å². The van der Waals surface area contributed by atoms with Crippen LogP contribution in [0.25, 0.3) is 0 Å². The first kappa shape index (κ1) is 14.5. The summed E-state index contributed by atoms with van der Waals surface area (Å²) in [5.74, 6) is -0.136. The fourth-order valence-corrected chi connectivity index (χ4v) is 1.57. The van der Waals surface area contributed by atoms with Gasteiger partial charge in [-0.1, -0.05) is 6.92 Å². The number of nitrogens with one attached hydrogen (secondary N) is 1. The van der Waals surface area contributed by atoms with Gasteiger partial charge in [-0.15, -0.1) is 0 Å². The van der Waals surface area contributed by atoms with Gasteiger partial charge in [0.25, 0.3) is 5.91 Å². The largest absolute Gasteiger partial charge is 0.399 e. The molecule has 1 aromatic carbocycles. The lowest BCUT2D eigenvalue weighted by atomic mass is 10.1. The van der Waals surface area contributed by atoms with E-state index in [0.29, 0.717) is 5.69 Å². The number of hydrogen-bond donors (Lipinski definition) is 2. The molecule has 4 nitrogen and oxygen atoms in total. The van der Waals surface area contributed by atoms with Crippen LogP contribution < -0.4 is 11.1 Å². The van der Waals surface area contributed by atoms with E-state index in [1.807, 2.05) is 26.8 Å². The second-order valence-corrected chi connectivity index (χ2v) is 4.56. The van der Waals surface area contributed by atoms with Crippen molar-refractivity contribution in [2.75, 3.05) is 11.1 Å². The van der Waals surface area contributed by atoms with Gasteiger partial charge in [0.1, 0.15) is 6.10 Å². The Hall–Kier alpha value is -1.55. The molecule has 1 rings (SSSR count). The first-order chi connectivity index (χ1) is 8.43. The van der Waals surface area contributed by atoms with Crippen molar-refractivity contribution in [2.24, 2.45) is 0 Å². The molecule has 0 radical (unpaired) electrons. The van der Waals surface area contributed by atoms with Crippen LogP contribution >= 0.6 is 0 Å². The van der Waals surface area contributed by atoms with Gasteiger partial charge >= 0.3 is 0 Å². The number of rotatable bonds is 5. The van der Waals surface area contributed by atoms with Gasteiger partial charge in [-0.25, -0.2) is 0 Å². The predicted molar refractivity (Wildman–Crippen MR) is 74.5 cm³/mol. The van der Waals surface area contributed by atoms with Crippen LogP contribution in [0, 0.1) is 6.92 Å². The number of aryl methyl sites for hydroxylation is 1. The normalized spacial score (nSPS) is 14.0. The van der Waals surface area contributed by atoms with E-state index in [2.05, 4.69) is 5.32 Å². The number of nitrogen functional groups attached to an aromatic ring is 1. The molecule has 0 aliphatic rings. The summed E-state index contributed by atoms with van der Waals surface area (Å²) in [6.45, 7) is 7.65. The van der Waals surface area contributed by atoms with E-state index in [1.54, 1.807) is 19.1 Å². The lowest BCUT2D eigenvalue weighted by Crippen LogP contribution is -2.30. The number of benzene rings is 1. The zero-order chi connectivity index (χ0) is 13.7. The third-order valence-corrected chi connectivity index (χ3v) is 2.89. The van der Waals surface area contributed by atoms with Crippen LogP contribution in [0.2, 0.25) is 0 Å². The zero-order valence-electron chi connectivity index (χ0n) is 11.5. The van der Waals surface area contributed by atoms with Crippen LogP contribution in [-0.2, 0) is 9.53 Å². The van der Waals surface area contributed by atoms with Crippen molar-refractivity contribution in [3.8, 4) is 0 Å².